The summed E-state index contributed by atoms with van der Waals surface area (Å²) in [5.74, 6) is 0.530. The lowest BCUT2D eigenvalue weighted by molar-refractivity contribution is -0.123. The number of carbonyl (C=O) groups is 2. The third-order valence-corrected chi connectivity index (χ3v) is 5.36. The lowest BCUT2D eigenvalue weighted by atomic mass is 9.86. The van der Waals surface area contributed by atoms with Gasteiger partial charge in [0, 0.05) is 25.3 Å². The highest BCUT2D eigenvalue weighted by molar-refractivity contribution is 5.93. The first kappa shape index (κ1) is 17.0. The quantitative estimate of drug-likeness (QED) is 0.892. The van der Waals surface area contributed by atoms with Gasteiger partial charge in [-0.15, -0.1) is 0 Å². The Kier molecular flexibility index (Phi) is 5.23. The SMILES string of the molecule is CCc1ccoc1C(=O)N1CCC(C[C@H]2OCC[C@H]2C(N)=O)CC1. The van der Waals surface area contributed by atoms with Crippen LogP contribution in [0.15, 0.2) is 16.7 Å². The highest BCUT2D eigenvalue weighted by Crippen LogP contribution is 2.31. The number of rotatable bonds is 5. The Morgan fingerprint density at radius 1 is 1.29 bits per heavy atom. The van der Waals surface area contributed by atoms with Gasteiger partial charge in [0.15, 0.2) is 5.76 Å². The van der Waals surface area contributed by atoms with Gasteiger partial charge in [0.05, 0.1) is 18.3 Å². The van der Waals surface area contributed by atoms with Crippen LogP contribution in [0.25, 0.3) is 0 Å². The molecule has 2 N–H and O–H groups in total. The third-order valence-electron chi connectivity index (χ3n) is 5.36. The van der Waals surface area contributed by atoms with Crippen LogP contribution in [0, 0.1) is 11.8 Å². The van der Waals surface area contributed by atoms with E-state index >= 15 is 0 Å². The molecule has 1 aromatic rings. The van der Waals surface area contributed by atoms with Gasteiger partial charge in [-0.1, -0.05) is 6.92 Å². The predicted octanol–water partition coefficient (Wildman–Crippen LogP) is 1.97. The van der Waals surface area contributed by atoms with E-state index in [1.54, 1.807) is 6.26 Å². The van der Waals surface area contributed by atoms with Gasteiger partial charge in [-0.3, -0.25) is 9.59 Å². The Hall–Kier alpha value is -1.82. The lowest BCUT2D eigenvalue weighted by Crippen LogP contribution is -2.40. The molecule has 2 aliphatic heterocycles. The normalized spacial score (nSPS) is 25.1. The zero-order chi connectivity index (χ0) is 17.1. The number of likely N-dealkylation sites (tertiary alicyclic amines) is 1. The smallest absolute Gasteiger partial charge is 0.289 e. The molecule has 2 amide bonds. The molecule has 2 aliphatic rings. The summed E-state index contributed by atoms with van der Waals surface area (Å²) in [5, 5.41) is 0. The minimum absolute atomic E-state index is 0.0116. The van der Waals surface area contributed by atoms with Gasteiger partial charge >= 0.3 is 0 Å². The Bertz CT molecular complexity index is 590. The Labute approximate surface area is 142 Å². The average molecular weight is 334 g/mol. The fourth-order valence-corrected chi connectivity index (χ4v) is 3.85. The van der Waals surface area contributed by atoms with Gasteiger partial charge in [-0.2, -0.15) is 0 Å². The van der Waals surface area contributed by atoms with Crippen molar-refractivity contribution in [3.05, 3.63) is 23.7 Å². The number of ether oxygens (including phenoxy) is 1. The van der Waals surface area contributed by atoms with Crippen molar-refractivity contribution in [1.82, 2.24) is 4.90 Å². The first-order valence-electron chi connectivity index (χ1n) is 8.86. The van der Waals surface area contributed by atoms with E-state index in [4.69, 9.17) is 14.9 Å². The summed E-state index contributed by atoms with van der Waals surface area (Å²) in [6, 6.07) is 1.86. The molecule has 6 nitrogen and oxygen atoms in total. The maximum Gasteiger partial charge on any atom is 0.289 e. The van der Waals surface area contributed by atoms with Crippen LogP contribution in [0.2, 0.25) is 0 Å². The van der Waals surface area contributed by atoms with Crippen molar-refractivity contribution in [2.24, 2.45) is 17.6 Å². The number of aryl methyl sites for hydroxylation is 1. The fourth-order valence-electron chi connectivity index (χ4n) is 3.85. The molecule has 0 aliphatic carbocycles. The molecule has 2 saturated heterocycles. The maximum absolute atomic E-state index is 12.6. The van der Waals surface area contributed by atoms with E-state index in [0.717, 1.165) is 50.8 Å². The van der Waals surface area contributed by atoms with E-state index < -0.39 is 0 Å². The first-order chi connectivity index (χ1) is 11.6. The van der Waals surface area contributed by atoms with E-state index in [-0.39, 0.29) is 23.8 Å². The summed E-state index contributed by atoms with van der Waals surface area (Å²) >= 11 is 0. The molecule has 0 bridgehead atoms. The molecule has 24 heavy (non-hydrogen) atoms. The minimum atomic E-state index is -0.255. The number of carbonyl (C=O) groups excluding carboxylic acids is 2. The summed E-state index contributed by atoms with van der Waals surface area (Å²) in [5.41, 5.74) is 6.42. The van der Waals surface area contributed by atoms with Crippen LogP contribution in [-0.2, 0) is 16.0 Å². The molecular weight excluding hydrogens is 308 g/mol. The number of amides is 2. The standard InChI is InChI=1S/C18H26N2O4/c1-2-13-5-9-24-16(13)18(22)20-7-3-12(4-8-20)11-15-14(17(19)21)6-10-23-15/h5,9,12,14-15H,2-4,6-8,10-11H2,1H3,(H2,19,21)/t14-,15-/m1/s1. The van der Waals surface area contributed by atoms with E-state index in [1.165, 1.54) is 0 Å². The molecule has 1 aromatic heterocycles. The van der Waals surface area contributed by atoms with Crippen LogP contribution in [0.1, 0.15) is 48.7 Å². The number of hydrogen-bond acceptors (Lipinski definition) is 4. The van der Waals surface area contributed by atoms with Crippen molar-refractivity contribution in [1.29, 1.82) is 0 Å². The second kappa shape index (κ2) is 7.38. The Morgan fingerprint density at radius 2 is 2.04 bits per heavy atom. The second-order valence-electron chi connectivity index (χ2n) is 6.81. The molecule has 3 rings (SSSR count). The summed E-state index contributed by atoms with van der Waals surface area (Å²) in [6.07, 6.45) is 5.78. The van der Waals surface area contributed by atoms with Crippen molar-refractivity contribution < 1.29 is 18.7 Å². The molecule has 0 unspecified atom stereocenters. The van der Waals surface area contributed by atoms with Crippen LogP contribution in [0.5, 0.6) is 0 Å². The largest absolute Gasteiger partial charge is 0.459 e. The highest BCUT2D eigenvalue weighted by Gasteiger charge is 2.35. The fraction of sp³-hybridized carbons (Fsp3) is 0.667. The predicted molar refractivity (Wildman–Crippen MR) is 88.4 cm³/mol. The zero-order valence-electron chi connectivity index (χ0n) is 14.2. The van der Waals surface area contributed by atoms with Crippen molar-refractivity contribution in [2.75, 3.05) is 19.7 Å². The van der Waals surface area contributed by atoms with Crippen molar-refractivity contribution >= 4 is 11.8 Å². The average Bonchev–Trinajstić information content (AvgIpc) is 3.23. The van der Waals surface area contributed by atoms with E-state index in [2.05, 4.69) is 0 Å². The molecule has 2 atom stereocenters. The summed E-state index contributed by atoms with van der Waals surface area (Å²) < 4.78 is 11.1. The first-order valence-corrected chi connectivity index (χ1v) is 8.86. The summed E-state index contributed by atoms with van der Waals surface area (Å²) in [6.45, 7) is 4.08. The molecule has 132 valence electrons. The molecule has 0 aromatic carbocycles. The van der Waals surface area contributed by atoms with Crippen molar-refractivity contribution in [3.8, 4) is 0 Å². The molecule has 0 saturated carbocycles. The minimum Gasteiger partial charge on any atom is -0.459 e. The molecule has 6 heteroatoms. The topological polar surface area (TPSA) is 85.8 Å². The van der Waals surface area contributed by atoms with E-state index in [0.29, 0.717) is 18.3 Å². The molecular formula is C18H26N2O4. The summed E-state index contributed by atoms with van der Waals surface area (Å²) in [7, 11) is 0. The monoisotopic (exact) mass is 334 g/mol. The van der Waals surface area contributed by atoms with Gasteiger partial charge in [-0.25, -0.2) is 0 Å². The number of nitrogens with zero attached hydrogens (tertiary/aromatic N) is 1. The van der Waals surface area contributed by atoms with Crippen LogP contribution < -0.4 is 5.73 Å². The van der Waals surface area contributed by atoms with Crippen LogP contribution >= 0.6 is 0 Å². The number of piperidine rings is 1. The van der Waals surface area contributed by atoms with E-state index in [1.807, 2.05) is 17.9 Å². The van der Waals surface area contributed by atoms with Gasteiger partial charge in [0.25, 0.3) is 5.91 Å². The van der Waals surface area contributed by atoms with Gasteiger partial charge < -0.3 is 19.8 Å². The van der Waals surface area contributed by atoms with Crippen molar-refractivity contribution in [3.63, 3.8) is 0 Å². The Morgan fingerprint density at radius 3 is 2.71 bits per heavy atom. The Balaban J connectivity index is 1.52. The third kappa shape index (κ3) is 3.48. The van der Waals surface area contributed by atoms with E-state index in [9.17, 15) is 9.59 Å². The highest BCUT2D eigenvalue weighted by atomic mass is 16.5. The summed E-state index contributed by atoms with van der Waals surface area (Å²) in [4.78, 5) is 25.9. The number of primary amides is 1. The van der Waals surface area contributed by atoms with Gasteiger partial charge in [0.1, 0.15) is 0 Å². The number of furan rings is 1. The van der Waals surface area contributed by atoms with Crippen LogP contribution in [-0.4, -0.2) is 42.5 Å². The number of nitrogens with two attached hydrogens (primary N) is 1. The second-order valence-corrected chi connectivity index (χ2v) is 6.81. The van der Waals surface area contributed by atoms with Crippen molar-refractivity contribution in [2.45, 2.75) is 45.1 Å². The zero-order valence-corrected chi connectivity index (χ0v) is 14.2. The van der Waals surface area contributed by atoms with Gasteiger partial charge in [0.2, 0.25) is 5.91 Å². The molecule has 3 heterocycles. The van der Waals surface area contributed by atoms with Gasteiger partial charge in [-0.05, 0) is 44.1 Å². The molecule has 0 spiro atoms. The van der Waals surface area contributed by atoms with Crippen LogP contribution in [0.4, 0.5) is 0 Å². The molecule has 0 radical (unpaired) electrons. The number of hydrogen-bond donors (Lipinski definition) is 1. The lowest BCUT2D eigenvalue weighted by Gasteiger charge is -2.33. The maximum atomic E-state index is 12.6. The van der Waals surface area contributed by atoms with Crippen LogP contribution in [0.3, 0.4) is 0 Å². The molecule has 2 fully saturated rings.